The molecular formula is C21H41F3O20S2. The highest BCUT2D eigenvalue weighted by Gasteiger charge is 2.51. The van der Waals surface area contributed by atoms with Gasteiger partial charge in [-0.05, 0) is 13.8 Å². The summed E-state index contributed by atoms with van der Waals surface area (Å²) in [6.45, 7) is 0.659. The molecule has 0 aromatic rings. The van der Waals surface area contributed by atoms with Crippen molar-refractivity contribution >= 4 is 20.8 Å². The molecule has 0 aromatic carbocycles. The van der Waals surface area contributed by atoms with E-state index in [2.05, 4.69) is 8.37 Å². The molecule has 0 aliphatic carbocycles. The molecule has 3 heterocycles. The van der Waals surface area contributed by atoms with Crippen molar-refractivity contribution in [3.8, 4) is 0 Å². The Morgan fingerprint density at radius 1 is 0.652 bits per heavy atom. The first-order valence-corrected chi connectivity index (χ1v) is 15.4. The maximum absolute atomic E-state index is 11.6. The monoisotopic (exact) mass is 734 g/mol. The van der Waals surface area contributed by atoms with Gasteiger partial charge < -0.3 is 59.4 Å². The molecule has 9 N–H and O–H groups in total. The predicted molar refractivity (Wildman–Crippen MR) is 140 cm³/mol. The lowest BCUT2D eigenvalue weighted by atomic mass is 9.89. The fourth-order valence-corrected chi connectivity index (χ4v) is 5.93. The summed E-state index contributed by atoms with van der Waals surface area (Å²) in [4.78, 5) is 0. The van der Waals surface area contributed by atoms with E-state index in [4.69, 9.17) is 37.4 Å². The quantitative estimate of drug-likeness (QED) is 0.0921. The Bertz CT molecular complexity index is 1110. The zero-order chi connectivity index (χ0) is 33.7. The average molecular weight is 735 g/mol. The van der Waals surface area contributed by atoms with E-state index in [0.29, 0.717) is 0 Å². The number of halogens is 3. The summed E-state index contributed by atoms with van der Waals surface area (Å²) < 4.78 is 115. The first-order valence-electron chi connectivity index (χ1n) is 12.7. The van der Waals surface area contributed by atoms with Crippen LogP contribution < -0.4 is 0 Å². The number of aliphatic hydroxyl groups is 7. The summed E-state index contributed by atoms with van der Waals surface area (Å²) in [6.07, 6.45) is -21.5. The number of rotatable bonds is 11. The molecule has 0 saturated carbocycles. The van der Waals surface area contributed by atoms with Gasteiger partial charge in [-0.1, -0.05) is 7.43 Å². The number of hydrogen-bond donors (Lipinski definition) is 9. The van der Waals surface area contributed by atoms with Gasteiger partial charge in [0.25, 0.3) is 0 Å². The molecule has 25 heteroatoms. The van der Waals surface area contributed by atoms with Gasteiger partial charge in [0, 0.05) is 21.0 Å². The maximum atomic E-state index is 11.6. The molecule has 3 rings (SSSR count). The van der Waals surface area contributed by atoms with Gasteiger partial charge in [-0.15, -0.1) is 0 Å². The minimum Gasteiger partial charge on any atom is -0.394 e. The Hall–Kier alpha value is -0.950. The molecule has 15 atom stereocenters. The third-order valence-corrected chi connectivity index (χ3v) is 8.12. The van der Waals surface area contributed by atoms with Crippen LogP contribution in [0.15, 0.2) is 0 Å². The fraction of sp³-hybridized carbons (Fsp3) is 1.00. The summed E-state index contributed by atoms with van der Waals surface area (Å²) in [5.41, 5.74) is 0. The SMILES string of the molecule is C.CC1O[C@@H](OC[C@@H]2C(C)O[C@@H](OC[C@H]3C(O)C(O)OC(CO)[C@@H]3O)C(O)[C@H]2OS(=O)(=O)O)C(O)[C@@H](OS(=O)(=O)O)[C@@H]1O.F.FF. The van der Waals surface area contributed by atoms with Crippen LogP contribution in [0.3, 0.4) is 0 Å². The van der Waals surface area contributed by atoms with Crippen molar-refractivity contribution in [2.45, 2.75) is 101 Å². The zero-order valence-corrected chi connectivity index (χ0v) is 24.9. The van der Waals surface area contributed by atoms with Crippen LogP contribution in [0.2, 0.25) is 0 Å². The smallest absolute Gasteiger partial charge is 0.394 e. The third-order valence-electron chi connectivity index (χ3n) is 7.19. The van der Waals surface area contributed by atoms with Gasteiger partial charge in [0.2, 0.25) is 0 Å². The van der Waals surface area contributed by atoms with Gasteiger partial charge >= 0.3 is 20.8 Å². The van der Waals surface area contributed by atoms with Gasteiger partial charge in [-0.2, -0.15) is 16.8 Å². The summed E-state index contributed by atoms with van der Waals surface area (Å²) in [5, 5.41) is 71.1. The lowest BCUT2D eigenvalue weighted by Gasteiger charge is -2.45. The largest absolute Gasteiger partial charge is 0.397 e. The van der Waals surface area contributed by atoms with Crippen LogP contribution in [0.25, 0.3) is 0 Å². The van der Waals surface area contributed by atoms with E-state index in [-0.39, 0.29) is 12.1 Å². The Balaban J connectivity index is 0.00000496. The number of hydrogen-bond acceptors (Lipinski definition) is 18. The topological polar surface area (TPSA) is 315 Å². The van der Waals surface area contributed by atoms with Crippen LogP contribution in [0, 0.1) is 11.8 Å². The van der Waals surface area contributed by atoms with E-state index < -0.39 is 132 Å². The Morgan fingerprint density at radius 3 is 1.57 bits per heavy atom. The van der Waals surface area contributed by atoms with Gasteiger partial charge in [0.05, 0.1) is 38.1 Å². The van der Waals surface area contributed by atoms with E-state index in [1.54, 1.807) is 0 Å². The van der Waals surface area contributed by atoms with Crippen molar-refractivity contribution in [2.24, 2.45) is 11.8 Å². The summed E-state index contributed by atoms with van der Waals surface area (Å²) in [7, 11) is -10.3. The molecule has 0 radical (unpaired) electrons. The van der Waals surface area contributed by atoms with Crippen LogP contribution in [0.1, 0.15) is 21.3 Å². The van der Waals surface area contributed by atoms with Crippen molar-refractivity contribution in [1.82, 2.24) is 0 Å². The second-order valence-corrected chi connectivity index (χ2v) is 12.2. The Labute approximate surface area is 261 Å². The minimum absolute atomic E-state index is 0. The molecule has 0 amide bonds. The van der Waals surface area contributed by atoms with Crippen LogP contribution in [0.4, 0.5) is 13.9 Å². The molecule has 278 valence electrons. The lowest BCUT2D eigenvalue weighted by molar-refractivity contribution is -0.320. The van der Waals surface area contributed by atoms with E-state index in [1.165, 1.54) is 13.8 Å². The first kappa shape index (κ1) is 45.0. The number of ether oxygens (including phenoxy) is 5. The lowest BCUT2D eigenvalue weighted by Crippen LogP contribution is -2.61. The predicted octanol–water partition coefficient (Wildman–Crippen LogP) is -3.74. The molecule has 0 bridgehead atoms. The molecule has 3 saturated heterocycles. The Morgan fingerprint density at radius 2 is 1.09 bits per heavy atom. The molecule has 7 unspecified atom stereocenters. The maximum Gasteiger partial charge on any atom is 0.397 e. The second kappa shape index (κ2) is 18.7. The highest BCUT2D eigenvalue weighted by molar-refractivity contribution is 7.81. The molecule has 20 nitrogen and oxygen atoms in total. The van der Waals surface area contributed by atoms with E-state index in [0.717, 1.165) is 0 Å². The second-order valence-electron chi connectivity index (χ2n) is 10.1. The van der Waals surface area contributed by atoms with Crippen LogP contribution in [-0.4, -0.2) is 161 Å². The molecule has 0 spiro atoms. The first-order chi connectivity index (χ1) is 20.3. The van der Waals surface area contributed by atoms with E-state index in [9.17, 15) is 57.1 Å². The molecular weight excluding hydrogens is 693 g/mol. The van der Waals surface area contributed by atoms with E-state index >= 15 is 0 Å². The fourth-order valence-electron chi connectivity index (χ4n) is 4.88. The highest BCUT2D eigenvalue weighted by atomic mass is 32.3. The number of aliphatic hydroxyl groups excluding tert-OH is 7. The summed E-state index contributed by atoms with van der Waals surface area (Å²) in [5.74, 6) is -2.53. The van der Waals surface area contributed by atoms with Gasteiger partial charge in [0.1, 0.15) is 42.7 Å². The normalized spacial score (nSPS) is 41.7. The summed E-state index contributed by atoms with van der Waals surface area (Å²) in [6, 6.07) is 0. The van der Waals surface area contributed by atoms with Crippen molar-refractivity contribution in [1.29, 1.82) is 0 Å². The average Bonchev–Trinajstić information content (AvgIpc) is 2.93. The van der Waals surface area contributed by atoms with Crippen molar-refractivity contribution in [3.63, 3.8) is 0 Å². The standard InChI is InChI=1S/C20H36O20S2.CH4.F2.FH/c1-6-8(4-34-20-15(26)17(40-42(31,32)33)11(22)7(2)37-20)16(39-41(28,29)30)14(25)19(36-6)35-5-9-12(23)10(3-21)38-18(27)13(9)24;;1-2;/h6-27H,3-5H2,1-2H3,(H,28,29,30)(H,31,32,33);1H4;;1H/t6?,7?,8-,9-,10?,11-,12-,13?,14?,15?,16+,17+,18?,19-,20-;;;/m1.../s1. The van der Waals surface area contributed by atoms with Crippen molar-refractivity contribution in [3.05, 3.63) is 0 Å². The van der Waals surface area contributed by atoms with Crippen LogP contribution in [0.5, 0.6) is 0 Å². The van der Waals surface area contributed by atoms with Gasteiger partial charge in [-0.3, -0.25) is 13.8 Å². The Kier molecular flexibility index (Phi) is 18.3. The zero-order valence-electron chi connectivity index (χ0n) is 23.3. The molecule has 3 aliphatic heterocycles. The van der Waals surface area contributed by atoms with Crippen molar-refractivity contribution in [2.75, 3.05) is 19.8 Å². The van der Waals surface area contributed by atoms with Crippen LogP contribution in [-0.2, 0) is 52.8 Å². The molecule has 3 fully saturated rings. The molecule has 46 heavy (non-hydrogen) atoms. The van der Waals surface area contributed by atoms with Gasteiger partial charge in [0.15, 0.2) is 18.9 Å². The third kappa shape index (κ3) is 11.6. The van der Waals surface area contributed by atoms with Crippen LogP contribution >= 0.6 is 0 Å². The summed E-state index contributed by atoms with van der Waals surface area (Å²) >= 11 is 0. The van der Waals surface area contributed by atoms with E-state index in [1.807, 2.05) is 0 Å². The molecule has 3 aliphatic rings. The van der Waals surface area contributed by atoms with Crippen molar-refractivity contribution < 1.29 is 108 Å². The van der Waals surface area contributed by atoms with Gasteiger partial charge in [-0.25, -0.2) is 8.37 Å². The highest BCUT2D eigenvalue weighted by Crippen LogP contribution is 2.34. The minimum atomic E-state index is -5.22. The molecule has 0 aromatic heterocycles.